The van der Waals surface area contributed by atoms with Crippen LogP contribution in [0.2, 0.25) is 0 Å². The zero-order chi connectivity index (χ0) is 23.6. The van der Waals surface area contributed by atoms with E-state index in [1.165, 1.54) is 0 Å². The first-order valence-electron chi connectivity index (χ1n) is 12.0. The van der Waals surface area contributed by atoms with Gasteiger partial charge >= 0.3 is 0 Å². The summed E-state index contributed by atoms with van der Waals surface area (Å²) in [7, 11) is 0. The van der Waals surface area contributed by atoms with E-state index in [1.54, 1.807) is 11.8 Å². The Morgan fingerprint density at radius 1 is 0.943 bits per heavy atom. The normalized spacial score (nSPS) is 14.8. The number of imidazole rings is 1. The van der Waals surface area contributed by atoms with Crippen molar-refractivity contribution >= 4 is 28.2 Å². The number of nitrogens with zero attached hydrogens (tertiary/aromatic N) is 6. The van der Waals surface area contributed by atoms with E-state index in [9.17, 15) is 0 Å². The van der Waals surface area contributed by atoms with Crippen molar-refractivity contribution in [2.45, 2.75) is 24.4 Å². The molecule has 0 spiro atoms. The summed E-state index contributed by atoms with van der Waals surface area (Å²) in [5.41, 5.74) is 5.22. The molecule has 4 heterocycles. The Labute approximate surface area is 208 Å². The van der Waals surface area contributed by atoms with Crippen LogP contribution in [-0.4, -0.2) is 61.9 Å². The first kappa shape index (κ1) is 22.3. The minimum atomic E-state index is 0.718. The number of ether oxygens (including phenoxy) is 1. The lowest BCUT2D eigenvalue weighted by Gasteiger charge is -2.26. The van der Waals surface area contributed by atoms with Crippen LogP contribution in [0.5, 0.6) is 0 Å². The van der Waals surface area contributed by atoms with Crippen molar-refractivity contribution in [3.05, 3.63) is 78.4 Å². The molecule has 0 N–H and O–H groups in total. The molecule has 6 rings (SSSR count). The third kappa shape index (κ3) is 4.69. The zero-order valence-corrected chi connectivity index (χ0v) is 20.6. The van der Waals surface area contributed by atoms with Gasteiger partial charge in [0.25, 0.3) is 0 Å². The Morgan fingerprint density at radius 2 is 1.74 bits per heavy atom. The molecule has 0 radical (unpaired) electrons. The molecule has 35 heavy (non-hydrogen) atoms. The van der Waals surface area contributed by atoms with Gasteiger partial charge in [-0.15, -0.1) is 0 Å². The third-order valence-electron chi connectivity index (χ3n) is 6.43. The maximum absolute atomic E-state index is 5.51. The van der Waals surface area contributed by atoms with E-state index in [-0.39, 0.29) is 0 Å². The molecule has 2 aromatic carbocycles. The predicted octanol–water partition coefficient (Wildman–Crippen LogP) is 4.68. The van der Waals surface area contributed by atoms with Gasteiger partial charge in [0.05, 0.1) is 41.4 Å². The second kappa shape index (κ2) is 9.81. The fourth-order valence-corrected chi connectivity index (χ4v) is 5.50. The SMILES string of the molecule is Cc1cc2c3ccccc3nc(SCc3nc(-c4ccccc4)cn3CCN3CCOCC3)n2n1. The molecule has 0 amide bonds. The highest BCUT2D eigenvalue weighted by atomic mass is 32.2. The van der Waals surface area contributed by atoms with Crippen molar-refractivity contribution in [2.75, 3.05) is 32.8 Å². The van der Waals surface area contributed by atoms with Gasteiger partial charge in [-0.3, -0.25) is 4.90 Å². The first-order chi connectivity index (χ1) is 17.2. The van der Waals surface area contributed by atoms with Gasteiger partial charge in [-0.25, -0.2) is 14.5 Å². The molecule has 0 unspecified atom stereocenters. The third-order valence-corrected chi connectivity index (χ3v) is 7.35. The summed E-state index contributed by atoms with van der Waals surface area (Å²) < 4.78 is 9.79. The van der Waals surface area contributed by atoms with Crippen molar-refractivity contribution in [1.82, 2.24) is 29.0 Å². The number of rotatable bonds is 7. The van der Waals surface area contributed by atoms with Crippen LogP contribution < -0.4 is 0 Å². The van der Waals surface area contributed by atoms with Gasteiger partial charge in [0.1, 0.15) is 5.82 Å². The van der Waals surface area contributed by atoms with Crippen LogP contribution >= 0.6 is 11.8 Å². The second-order valence-corrected chi connectivity index (χ2v) is 9.78. The largest absolute Gasteiger partial charge is 0.379 e. The summed E-state index contributed by atoms with van der Waals surface area (Å²) in [6, 6.07) is 20.8. The minimum absolute atomic E-state index is 0.718. The number of para-hydroxylation sites is 1. The summed E-state index contributed by atoms with van der Waals surface area (Å²) in [4.78, 5) is 12.5. The molecule has 0 saturated carbocycles. The maximum Gasteiger partial charge on any atom is 0.190 e. The molecule has 5 aromatic rings. The topological polar surface area (TPSA) is 60.5 Å². The summed E-state index contributed by atoms with van der Waals surface area (Å²) in [5, 5.41) is 6.74. The number of hydrogen-bond donors (Lipinski definition) is 0. The highest BCUT2D eigenvalue weighted by Crippen LogP contribution is 2.28. The Bertz CT molecular complexity index is 1460. The highest BCUT2D eigenvalue weighted by molar-refractivity contribution is 7.98. The van der Waals surface area contributed by atoms with Crippen LogP contribution in [0.3, 0.4) is 0 Å². The van der Waals surface area contributed by atoms with Gasteiger partial charge in [-0.1, -0.05) is 60.3 Å². The molecule has 0 aliphatic carbocycles. The van der Waals surface area contributed by atoms with Gasteiger partial charge < -0.3 is 9.30 Å². The van der Waals surface area contributed by atoms with Crippen LogP contribution in [0.15, 0.2) is 72.0 Å². The molecule has 3 aromatic heterocycles. The van der Waals surface area contributed by atoms with E-state index >= 15 is 0 Å². The molecule has 1 aliphatic rings. The van der Waals surface area contributed by atoms with Crippen molar-refractivity contribution in [2.24, 2.45) is 0 Å². The lowest BCUT2D eigenvalue weighted by Crippen LogP contribution is -2.38. The van der Waals surface area contributed by atoms with E-state index in [1.807, 2.05) is 23.6 Å². The molecule has 8 heteroatoms. The van der Waals surface area contributed by atoms with Crippen LogP contribution in [0.4, 0.5) is 0 Å². The number of aromatic nitrogens is 5. The summed E-state index contributed by atoms with van der Waals surface area (Å²) in [6.07, 6.45) is 2.19. The summed E-state index contributed by atoms with van der Waals surface area (Å²) >= 11 is 1.69. The average molecular weight is 485 g/mol. The van der Waals surface area contributed by atoms with Gasteiger partial charge in [0.15, 0.2) is 5.16 Å². The fraction of sp³-hybridized carbons (Fsp3) is 0.296. The smallest absolute Gasteiger partial charge is 0.190 e. The Balaban J connectivity index is 1.30. The molecule has 7 nitrogen and oxygen atoms in total. The molecule has 1 fully saturated rings. The number of fused-ring (bicyclic) bond motifs is 3. The van der Waals surface area contributed by atoms with E-state index in [4.69, 9.17) is 19.8 Å². The summed E-state index contributed by atoms with van der Waals surface area (Å²) in [6.45, 7) is 7.52. The van der Waals surface area contributed by atoms with Crippen LogP contribution in [0.25, 0.3) is 27.7 Å². The van der Waals surface area contributed by atoms with Gasteiger partial charge in [-0.05, 0) is 19.1 Å². The van der Waals surface area contributed by atoms with Crippen molar-refractivity contribution in [3.63, 3.8) is 0 Å². The van der Waals surface area contributed by atoms with E-state index in [0.29, 0.717) is 0 Å². The van der Waals surface area contributed by atoms with Crippen LogP contribution in [0.1, 0.15) is 11.5 Å². The molecular weight excluding hydrogens is 456 g/mol. The lowest BCUT2D eigenvalue weighted by molar-refractivity contribution is 0.0363. The Hall–Kier alpha value is -3.20. The molecular formula is C27H28N6OS. The van der Waals surface area contributed by atoms with Gasteiger partial charge in [0, 0.05) is 43.3 Å². The molecule has 0 atom stereocenters. The number of morpholine rings is 1. The molecule has 178 valence electrons. The quantitative estimate of drug-likeness (QED) is 0.247. The van der Waals surface area contributed by atoms with Crippen LogP contribution in [-0.2, 0) is 17.0 Å². The molecule has 1 aliphatic heterocycles. The van der Waals surface area contributed by atoms with E-state index < -0.39 is 0 Å². The zero-order valence-electron chi connectivity index (χ0n) is 19.8. The number of aryl methyl sites for hydroxylation is 1. The molecule has 0 bridgehead atoms. The Morgan fingerprint density at radius 3 is 2.60 bits per heavy atom. The van der Waals surface area contributed by atoms with Crippen molar-refractivity contribution < 1.29 is 4.74 Å². The maximum atomic E-state index is 5.51. The minimum Gasteiger partial charge on any atom is -0.379 e. The standard InChI is InChI=1S/C27H28N6OS/c1-20-17-25-22-9-5-6-10-23(22)29-27(33(25)30-20)35-19-26-28-24(21-7-3-2-4-8-21)18-32(26)12-11-31-13-15-34-16-14-31/h2-10,17-18H,11-16,19H2,1H3. The number of hydrogen-bond acceptors (Lipinski definition) is 6. The van der Waals surface area contributed by atoms with Gasteiger partial charge in [-0.2, -0.15) is 5.10 Å². The monoisotopic (exact) mass is 484 g/mol. The van der Waals surface area contributed by atoms with Crippen molar-refractivity contribution in [1.29, 1.82) is 0 Å². The number of benzene rings is 2. The Kier molecular flexibility index (Phi) is 6.24. The van der Waals surface area contributed by atoms with E-state index in [2.05, 4.69) is 64.2 Å². The van der Waals surface area contributed by atoms with E-state index in [0.717, 1.165) is 89.5 Å². The first-order valence-corrected chi connectivity index (χ1v) is 13.0. The second-order valence-electron chi connectivity index (χ2n) is 8.84. The lowest BCUT2D eigenvalue weighted by atomic mass is 10.2. The summed E-state index contributed by atoms with van der Waals surface area (Å²) in [5.74, 6) is 1.77. The molecule has 1 saturated heterocycles. The van der Waals surface area contributed by atoms with Crippen molar-refractivity contribution in [3.8, 4) is 11.3 Å². The fourth-order valence-electron chi connectivity index (χ4n) is 4.58. The van der Waals surface area contributed by atoms with Gasteiger partial charge in [0.2, 0.25) is 0 Å². The number of thioether (sulfide) groups is 1. The highest BCUT2D eigenvalue weighted by Gasteiger charge is 2.16. The van der Waals surface area contributed by atoms with Crippen LogP contribution in [0, 0.1) is 6.92 Å². The predicted molar refractivity (Wildman–Crippen MR) is 140 cm³/mol. The average Bonchev–Trinajstić information content (AvgIpc) is 3.50.